The minimum atomic E-state index is -0.486. The zero-order valence-electron chi connectivity index (χ0n) is 23.5. The average molecular weight is 556 g/mol. The lowest BCUT2D eigenvalue weighted by Crippen LogP contribution is -2.49. The van der Waals surface area contributed by atoms with Crippen LogP contribution in [-0.2, 0) is 9.53 Å². The van der Waals surface area contributed by atoms with Gasteiger partial charge in [0.1, 0.15) is 5.75 Å². The maximum atomic E-state index is 13.0. The average Bonchev–Trinajstić information content (AvgIpc) is 3.04. The number of hydrogen-bond acceptors (Lipinski definition) is 6. The third kappa shape index (κ3) is 7.06. The van der Waals surface area contributed by atoms with Crippen LogP contribution in [0.2, 0.25) is 0 Å². The molecule has 2 fully saturated rings. The van der Waals surface area contributed by atoms with E-state index in [2.05, 4.69) is 22.3 Å². The van der Waals surface area contributed by atoms with Crippen LogP contribution >= 0.6 is 0 Å². The fourth-order valence-electron chi connectivity index (χ4n) is 5.68. The van der Waals surface area contributed by atoms with Crippen LogP contribution in [0.4, 0.5) is 11.4 Å². The Hall–Kier alpha value is -4.33. The largest absolute Gasteiger partial charge is 0.484 e. The first kappa shape index (κ1) is 28.2. The van der Waals surface area contributed by atoms with Crippen molar-refractivity contribution in [2.75, 3.05) is 50.1 Å². The van der Waals surface area contributed by atoms with Crippen LogP contribution in [0.15, 0.2) is 72.8 Å². The SMILES string of the molecule is COC(=O)c1ccc(N2CCN(C(=O)c3ccccc3)CC2)c(NC(=O)COc2ccc(C3CCCCC3)cc2)c1. The van der Waals surface area contributed by atoms with Gasteiger partial charge in [0.05, 0.1) is 24.0 Å². The van der Waals surface area contributed by atoms with Gasteiger partial charge in [0.25, 0.3) is 11.8 Å². The molecule has 0 spiro atoms. The van der Waals surface area contributed by atoms with E-state index in [1.807, 2.05) is 47.4 Å². The number of ether oxygens (including phenoxy) is 2. The van der Waals surface area contributed by atoms with Crippen molar-refractivity contribution in [1.82, 2.24) is 4.90 Å². The molecule has 1 aliphatic carbocycles. The molecule has 1 saturated carbocycles. The van der Waals surface area contributed by atoms with Crippen molar-refractivity contribution in [3.8, 4) is 5.75 Å². The van der Waals surface area contributed by atoms with E-state index in [1.165, 1.54) is 44.8 Å². The Morgan fingerprint density at radius 2 is 1.54 bits per heavy atom. The second kappa shape index (κ2) is 13.4. The van der Waals surface area contributed by atoms with E-state index in [0.717, 1.165) is 5.69 Å². The Bertz CT molecular complexity index is 1350. The molecule has 0 atom stereocenters. The summed E-state index contributed by atoms with van der Waals surface area (Å²) in [6.07, 6.45) is 6.34. The molecule has 5 rings (SSSR count). The van der Waals surface area contributed by atoms with Gasteiger partial charge >= 0.3 is 5.97 Å². The van der Waals surface area contributed by atoms with Crippen molar-refractivity contribution < 1.29 is 23.9 Å². The molecule has 8 heteroatoms. The van der Waals surface area contributed by atoms with Gasteiger partial charge in [0, 0.05) is 31.7 Å². The molecule has 2 aliphatic rings. The Morgan fingerprint density at radius 1 is 0.829 bits per heavy atom. The van der Waals surface area contributed by atoms with E-state index in [9.17, 15) is 14.4 Å². The molecule has 0 radical (unpaired) electrons. The summed E-state index contributed by atoms with van der Waals surface area (Å²) in [6, 6.07) is 22.4. The standard InChI is InChI=1S/C33H37N3O5/c1-40-33(39)27-14-17-30(35-18-20-36(21-19-35)32(38)26-10-6-3-7-11-26)29(22-27)34-31(37)23-41-28-15-12-25(13-16-28)24-8-4-2-5-9-24/h3,6-7,10-17,22,24H,2,4-5,8-9,18-21,23H2,1H3,(H,34,37). The molecule has 1 heterocycles. The van der Waals surface area contributed by atoms with Gasteiger partial charge in [0.2, 0.25) is 0 Å². The molecule has 1 saturated heterocycles. The first-order valence-electron chi connectivity index (χ1n) is 14.4. The van der Waals surface area contributed by atoms with E-state index >= 15 is 0 Å². The van der Waals surface area contributed by atoms with E-state index in [1.54, 1.807) is 18.2 Å². The number of hydrogen-bond donors (Lipinski definition) is 1. The summed E-state index contributed by atoms with van der Waals surface area (Å²) in [6.45, 7) is 2.09. The quantitative estimate of drug-likeness (QED) is 0.369. The Balaban J connectivity index is 1.22. The molecule has 1 N–H and O–H groups in total. The Labute approximate surface area is 241 Å². The summed E-state index contributed by atoms with van der Waals surface area (Å²) in [5.41, 5.74) is 3.60. The summed E-state index contributed by atoms with van der Waals surface area (Å²) in [5.74, 6) is 0.438. The van der Waals surface area contributed by atoms with Gasteiger partial charge in [-0.3, -0.25) is 9.59 Å². The van der Waals surface area contributed by atoms with Crippen molar-refractivity contribution in [2.45, 2.75) is 38.0 Å². The number of amides is 2. The molecule has 2 amide bonds. The van der Waals surface area contributed by atoms with Crippen LogP contribution in [-0.4, -0.2) is 62.6 Å². The summed E-state index contributed by atoms with van der Waals surface area (Å²) in [4.78, 5) is 42.0. The molecule has 0 unspecified atom stereocenters. The van der Waals surface area contributed by atoms with Gasteiger partial charge in [-0.25, -0.2) is 4.79 Å². The van der Waals surface area contributed by atoms with Gasteiger partial charge in [-0.05, 0) is 66.8 Å². The maximum absolute atomic E-state index is 13.0. The molecular weight excluding hydrogens is 518 g/mol. The van der Waals surface area contributed by atoms with E-state index in [-0.39, 0.29) is 18.4 Å². The number of carbonyl (C=O) groups excluding carboxylic acids is 3. The lowest BCUT2D eigenvalue weighted by Gasteiger charge is -2.37. The highest BCUT2D eigenvalue weighted by Gasteiger charge is 2.25. The third-order valence-corrected chi connectivity index (χ3v) is 7.95. The zero-order chi connectivity index (χ0) is 28.6. The second-order valence-corrected chi connectivity index (χ2v) is 10.6. The van der Waals surface area contributed by atoms with Crippen molar-refractivity contribution in [2.24, 2.45) is 0 Å². The summed E-state index contributed by atoms with van der Waals surface area (Å²) < 4.78 is 10.7. The number of carbonyl (C=O) groups is 3. The number of benzene rings is 3. The molecule has 3 aromatic carbocycles. The minimum Gasteiger partial charge on any atom is -0.484 e. The van der Waals surface area contributed by atoms with Crippen molar-refractivity contribution >= 4 is 29.2 Å². The number of methoxy groups -OCH3 is 1. The summed E-state index contributed by atoms with van der Waals surface area (Å²) >= 11 is 0. The Kier molecular flexibility index (Phi) is 9.19. The monoisotopic (exact) mass is 555 g/mol. The van der Waals surface area contributed by atoms with Crippen molar-refractivity contribution in [1.29, 1.82) is 0 Å². The van der Waals surface area contributed by atoms with Crippen LogP contribution in [0.3, 0.4) is 0 Å². The second-order valence-electron chi connectivity index (χ2n) is 10.6. The number of nitrogens with zero attached hydrogens (tertiary/aromatic N) is 2. The van der Waals surface area contributed by atoms with Crippen LogP contribution in [0, 0.1) is 0 Å². The van der Waals surface area contributed by atoms with Crippen molar-refractivity contribution in [3.05, 3.63) is 89.5 Å². The van der Waals surface area contributed by atoms with Gasteiger partial charge in [-0.1, -0.05) is 49.6 Å². The lowest BCUT2D eigenvalue weighted by molar-refractivity contribution is -0.118. The normalized spacial score (nSPS) is 15.7. The van der Waals surface area contributed by atoms with Gasteiger partial charge in [-0.2, -0.15) is 0 Å². The number of anilines is 2. The Morgan fingerprint density at radius 3 is 2.22 bits per heavy atom. The van der Waals surface area contributed by atoms with Gasteiger partial charge in [-0.15, -0.1) is 0 Å². The van der Waals surface area contributed by atoms with E-state index in [4.69, 9.17) is 9.47 Å². The molecule has 8 nitrogen and oxygen atoms in total. The fraction of sp³-hybridized carbons (Fsp3) is 0.364. The molecule has 41 heavy (non-hydrogen) atoms. The predicted octanol–water partition coefficient (Wildman–Crippen LogP) is 5.50. The highest BCUT2D eigenvalue weighted by molar-refractivity contribution is 5.99. The predicted molar refractivity (Wildman–Crippen MR) is 159 cm³/mol. The topological polar surface area (TPSA) is 88.2 Å². The molecule has 0 bridgehead atoms. The first-order valence-corrected chi connectivity index (χ1v) is 14.4. The van der Waals surface area contributed by atoms with E-state index in [0.29, 0.717) is 54.7 Å². The summed E-state index contributed by atoms with van der Waals surface area (Å²) in [5, 5.41) is 2.93. The highest BCUT2D eigenvalue weighted by Crippen LogP contribution is 2.33. The summed E-state index contributed by atoms with van der Waals surface area (Å²) in [7, 11) is 1.32. The zero-order valence-corrected chi connectivity index (χ0v) is 23.5. The van der Waals surface area contributed by atoms with Crippen molar-refractivity contribution in [3.63, 3.8) is 0 Å². The first-order chi connectivity index (χ1) is 20.0. The fourth-order valence-corrected chi connectivity index (χ4v) is 5.68. The van der Waals surface area contributed by atoms with Crippen LogP contribution in [0.25, 0.3) is 0 Å². The minimum absolute atomic E-state index is 0.00346. The number of piperazine rings is 1. The van der Waals surface area contributed by atoms with Gasteiger partial charge < -0.3 is 24.6 Å². The van der Waals surface area contributed by atoms with Crippen LogP contribution in [0.1, 0.15) is 64.3 Å². The molecule has 214 valence electrons. The molecule has 1 aliphatic heterocycles. The molecular formula is C33H37N3O5. The maximum Gasteiger partial charge on any atom is 0.337 e. The molecule has 0 aromatic heterocycles. The van der Waals surface area contributed by atoms with Crippen LogP contribution < -0.4 is 15.0 Å². The molecule has 3 aromatic rings. The van der Waals surface area contributed by atoms with Crippen LogP contribution in [0.5, 0.6) is 5.75 Å². The number of esters is 1. The smallest absolute Gasteiger partial charge is 0.337 e. The number of nitrogens with one attached hydrogen (secondary N) is 1. The van der Waals surface area contributed by atoms with Gasteiger partial charge in [0.15, 0.2) is 6.61 Å². The van der Waals surface area contributed by atoms with E-state index < -0.39 is 5.97 Å². The lowest BCUT2D eigenvalue weighted by atomic mass is 9.84. The third-order valence-electron chi connectivity index (χ3n) is 7.95. The highest BCUT2D eigenvalue weighted by atomic mass is 16.5. The number of rotatable bonds is 8.